The van der Waals surface area contributed by atoms with Crippen LogP contribution in [-0.2, 0) is 18.4 Å². The molecule has 0 saturated carbocycles. The molecule has 3 N–H and O–H groups in total. The lowest BCUT2D eigenvalue weighted by atomic mass is 10.3. The van der Waals surface area contributed by atoms with Crippen molar-refractivity contribution < 1.29 is 27.9 Å². The Kier molecular flexibility index (Phi) is 6.49. The van der Waals surface area contributed by atoms with Gasteiger partial charge >= 0.3 is 13.7 Å². The number of carbonyl (C=O) groups is 2. The molecule has 25 heavy (non-hydrogen) atoms. The zero-order chi connectivity index (χ0) is 18.4. The van der Waals surface area contributed by atoms with Gasteiger partial charge in [-0.05, 0) is 32.0 Å². The molecule has 2 rings (SSSR count). The van der Waals surface area contributed by atoms with E-state index in [0.717, 1.165) is 11.3 Å². The third-order valence-electron chi connectivity index (χ3n) is 2.83. The molecule has 1 aromatic carbocycles. The maximum atomic E-state index is 12.4. The van der Waals surface area contributed by atoms with E-state index in [4.69, 9.17) is 19.5 Å². The van der Waals surface area contributed by atoms with Crippen LogP contribution in [0.1, 0.15) is 13.8 Å². The molecule has 0 saturated heterocycles. The maximum Gasteiger partial charge on any atom is 0.411 e. The molecule has 136 valence electrons. The number of nitrogens with one attached hydrogen (secondary N) is 1. The van der Waals surface area contributed by atoms with Gasteiger partial charge in [-0.2, -0.15) is 0 Å². The van der Waals surface area contributed by atoms with Crippen molar-refractivity contribution >= 4 is 46.8 Å². The Labute approximate surface area is 148 Å². The first-order valence-electron chi connectivity index (χ1n) is 7.41. The zero-order valence-electron chi connectivity index (χ0n) is 13.7. The summed E-state index contributed by atoms with van der Waals surface area (Å²) < 4.78 is 28.0. The third-order valence-corrected chi connectivity index (χ3v) is 5.70. The van der Waals surface area contributed by atoms with Gasteiger partial charge in [0.25, 0.3) is 5.19 Å². The summed E-state index contributed by atoms with van der Waals surface area (Å²) in [5.74, 6) is -0.497. The molecule has 0 radical (unpaired) electrons. The topological polar surface area (TPSA) is 130 Å². The van der Waals surface area contributed by atoms with E-state index in [-0.39, 0.29) is 24.6 Å². The summed E-state index contributed by atoms with van der Waals surface area (Å²) in [7, 11) is -3.47. The molecule has 0 atom stereocenters. The highest BCUT2D eigenvalue weighted by atomic mass is 32.1. The predicted molar refractivity (Wildman–Crippen MR) is 94.2 cm³/mol. The van der Waals surface area contributed by atoms with Crippen molar-refractivity contribution in [2.75, 3.05) is 24.7 Å². The summed E-state index contributed by atoms with van der Waals surface area (Å²) in [6, 6.07) is 4.94. The van der Waals surface area contributed by atoms with Crippen molar-refractivity contribution in [3.8, 4) is 5.19 Å². The molecular formula is C14H18N3O6PS. The number of rotatable bonds is 8. The van der Waals surface area contributed by atoms with Crippen molar-refractivity contribution in [2.24, 2.45) is 5.73 Å². The third kappa shape index (κ3) is 5.50. The summed E-state index contributed by atoms with van der Waals surface area (Å²) in [5, 5.41) is 2.75. The van der Waals surface area contributed by atoms with Crippen LogP contribution in [0.5, 0.6) is 5.19 Å². The van der Waals surface area contributed by atoms with Gasteiger partial charge in [-0.1, -0.05) is 11.3 Å². The monoisotopic (exact) mass is 387 g/mol. The van der Waals surface area contributed by atoms with Crippen LogP contribution in [0.25, 0.3) is 10.2 Å². The van der Waals surface area contributed by atoms with E-state index in [1.54, 1.807) is 32.0 Å². The number of anilines is 1. The first-order chi connectivity index (χ1) is 11.8. The largest absolute Gasteiger partial charge is 0.411 e. The molecule has 11 heteroatoms. The normalized spacial score (nSPS) is 11.4. The Bertz CT molecular complexity index is 814. The molecule has 0 aliphatic heterocycles. The molecule has 0 fully saturated rings. The molecule has 0 aliphatic rings. The number of hydrogen-bond donors (Lipinski definition) is 2. The SMILES string of the molecule is CCOP(=O)(CC(=O)Nc1ccc2nc(OC(N)=O)sc2c1)OCC. The quantitative estimate of drug-likeness (QED) is 0.666. The molecule has 2 aromatic rings. The predicted octanol–water partition coefficient (Wildman–Crippen LogP) is 2.96. The summed E-state index contributed by atoms with van der Waals surface area (Å²) in [6.07, 6.45) is -1.33. The summed E-state index contributed by atoms with van der Waals surface area (Å²) in [6.45, 7) is 3.71. The minimum atomic E-state index is -3.47. The van der Waals surface area contributed by atoms with Gasteiger partial charge in [-0.25, -0.2) is 9.78 Å². The number of aromatic nitrogens is 1. The molecule has 1 heterocycles. The molecule has 1 aromatic heterocycles. The highest BCUT2D eigenvalue weighted by Gasteiger charge is 2.27. The van der Waals surface area contributed by atoms with Crippen LogP contribution < -0.4 is 15.8 Å². The van der Waals surface area contributed by atoms with Crippen molar-refractivity contribution in [2.45, 2.75) is 13.8 Å². The second kappa shape index (κ2) is 8.39. The van der Waals surface area contributed by atoms with Crippen LogP contribution in [0.15, 0.2) is 18.2 Å². The molecule has 0 unspecified atom stereocenters. The zero-order valence-corrected chi connectivity index (χ0v) is 15.4. The van der Waals surface area contributed by atoms with Gasteiger partial charge in [0, 0.05) is 5.69 Å². The second-order valence-electron chi connectivity index (χ2n) is 4.74. The van der Waals surface area contributed by atoms with E-state index in [1.807, 2.05) is 0 Å². The van der Waals surface area contributed by atoms with Gasteiger partial charge in [0.1, 0.15) is 6.16 Å². The van der Waals surface area contributed by atoms with E-state index in [2.05, 4.69) is 10.3 Å². The lowest BCUT2D eigenvalue weighted by Crippen LogP contribution is -2.18. The highest BCUT2D eigenvalue weighted by molar-refractivity contribution is 7.54. The number of primary amides is 1. The van der Waals surface area contributed by atoms with Crippen molar-refractivity contribution in [3.05, 3.63) is 18.2 Å². The molecule has 0 aliphatic carbocycles. The van der Waals surface area contributed by atoms with Crippen molar-refractivity contribution in [1.82, 2.24) is 4.98 Å². The number of hydrogen-bond acceptors (Lipinski definition) is 8. The maximum absolute atomic E-state index is 12.4. The van der Waals surface area contributed by atoms with Crippen molar-refractivity contribution in [3.63, 3.8) is 0 Å². The fourth-order valence-corrected chi connectivity index (χ4v) is 4.34. The van der Waals surface area contributed by atoms with Crippen LogP contribution in [-0.4, -0.2) is 36.4 Å². The van der Waals surface area contributed by atoms with Gasteiger partial charge in [-0.15, -0.1) is 0 Å². The highest BCUT2D eigenvalue weighted by Crippen LogP contribution is 2.47. The average molecular weight is 387 g/mol. The number of ether oxygens (including phenoxy) is 1. The first kappa shape index (κ1) is 19.3. The van der Waals surface area contributed by atoms with Crippen LogP contribution in [0.4, 0.5) is 10.5 Å². The fourth-order valence-electron chi connectivity index (χ4n) is 2.01. The minimum Gasteiger partial charge on any atom is -0.381 e. The van der Waals surface area contributed by atoms with Gasteiger partial charge < -0.3 is 24.8 Å². The number of carbonyl (C=O) groups excluding carboxylic acids is 2. The lowest BCUT2D eigenvalue weighted by Gasteiger charge is -2.16. The number of nitrogens with zero attached hydrogens (tertiary/aromatic N) is 1. The Hall–Kier alpha value is -2.00. The number of thiazole rings is 1. The molecule has 2 amide bonds. The number of nitrogens with two attached hydrogens (primary N) is 1. The van der Waals surface area contributed by atoms with Gasteiger partial charge in [0.15, 0.2) is 0 Å². The Morgan fingerprint density at radius 1 is 1.28 bits per heavy atom. The standard InChI is InChI=1S/C14H18N3O6PS/c1-3-21-24(20,22-4-2)8-12(18)16-9-5-6-10-11(7-9)25-14(17-10)23-13(15)19/h5-7H,3-4,8H2,1-2H3,(H2,15,19)(H,16,18). The van der Waals surface area contributed by atoms with Crippen molar-refractivity contribution in [1.29, 1.82) is 0 Å². The smallest absolute Gasteiger partial charge is 0.381 e. The van der Waals surface area contributed by atoms with E-state index < -0.39 is 19.6 Å². The number of fused-ring (bicyclic) bond motifs is 1. The summed E-state index contributed by atoms with van der Waals surface area (Å²) in [4.78, 5) is 27.0. The van der Waals surface area contributed by atoms with Crippen LogP contribution in [0.2, 0.25) is 0 Å². The second-order valence-corrected chi connectivity index (χ2v) is 7.78. The Morgan fingerprint density at radius 3 is 2.56 bits per heavy atom. The first-order valence-corrected chi connectivity index (χ1v) is 9.95. The molecular weight excluding hydrogens is 369 g/mol. The van der Waals surface area contributed by atoms with Crippen LogP contribution >= 0.6 is 18.9 Å². The lowest BCUT2D eigenvalue weighted by molar-refractivity contribution is -0.114. The van der Waals surface area contributed by atoms with Gasteiger partial charge in [0.2, 0.25) is 5.91 Å². The van der Waals surface area contributed by atoms with Gasteiger partial charge in [0.05, 0.1) is 23.4 Å². The summed E-state index contributed by atoms with van der Waals surface area (Å²) in [5.41, 5.74) is 6.02. The number of benzene rings is 1. The molecule has 0 spiro atoms. The van der Waals surface area contributed by atoms with E-state index in [1.165, 1.54) is 0 Å². The number of amides is 2. The van der Waals surface area contributed by atoms with Gasteiger partial charge in [-0.3, -0.25) is 9.36 Å². The summed E-state index contributed by atoms with van der Waals surface area (Å²) >= 11 is 1.11. The van der Waals surface area contributed by atoms with E-state index in [9.17, 15) is 14.2 Å². The van der Waals surface area contributed by atoms with E-state index in [0.29, 0.717) is 15.9 Å². The molecule has 9 nitrogen and oxygen atoms in total. The minimum absolute atomic E-state index is 0.114. The molecule has 0 bridgehead atoms. The Balaban J connectivity index is 2.09. The Morgan fingerprint density at radius 2 is 1.96 bits per heavy atom. The average Bonchev–Trinajstić information content (AvgIpc) is 2.87. The van der Waals surface area contributed by atoms with Crippen LogP contribution in [0, 0.1) is 0 Å². The fraction of sp³-hybridized carbons (Fsp3) is 0.357. The van der Waals surface area contributed by atoms with Crippen LogP contribution in [0.3, 0.4) is 0 Å². The van der Waals surface area contributed by atoms with E-state index >= 15 is 0 Å².